The Morgan fingerprint density at radius 3 is 2.88 bits per heavy atom. The first kappa shape index (κ1) is 5.63. The Kier molecular flexibility index (Phi) is 1.92. The molecule has 1 rings (SSSR count). The monoisotopic (exact) mass is 114 g/mol. The van der Waals surface area contributed by atoms with Crippen LogP contribution in [0.2, 0.25) is 0 Å². The summed E-state index contributed by atoms with van der Waals surface area (Å²) in [4.78, 5) is 0. The van der Waals surface area contributed by atoms with Crippen molar-refractivity contribution in [1.29, 1.82) is 0 Å². The molecule has 0 heterocycles. The number of aliphatic hydroxyl groups is 1. The minimum Gasteiger partial charge on any atom is -0.496 e. The largest absolute Gasteiger partial charge is 0.496 e. The fraction of sp³-hybridized carbons (Fsp3) is 0.667. The number of aliphatic hydroxyl groups excluding tert-OH is 1. The third-order valence-electron chi connectivity index (χ3n) is 1.14. The van der Waals surface area contributed by atoms with Gasteiger partial charge in [-0.25, -0.2) is 0 Å². The predicted octanol–water partition coefficient (Wildman–Crippen LogP) is 0.673. The maximum Gasteiger partial charge on any atom is 0.111 e. The van der Waals surface area contributed by atoms with Crippen LogP contribution in [0.5, 0.6) is 0 Å². The van der Waals surface area contributed by atoms with Gasteiger partial charge in [0.1, 0.15) is 6.61 Å². The maximum absolute atomic E-state index is 8.28. The van der Waals surface area contributed by atoms with Crippen molar-refractivity contribution < 1.29 is 9.84 Å². The average Bonchev–Trinajstić information content (AvgIpc) is 1.63. The molecule has 0 saturated carbocycles. The summed E-state index contributed by atoms with van der Waals surface area (Å²) >= 11 is 0. The van der Waals surface area contributed by atoms with Gasteiger partial charge in [0.15, 0.2) is 0 Å². The van der Waals surface area contributed by atoms with Crippen molar-refractivity contribution in [3.8, 4) is 0 Å². The lowest BCUT2D eigenvalue weighted by Gasteiger charge is -2.14. The quantitative estimate of drug-likeness (QED) is 0.584. The van der Waals surface area contributed by atoms with E-state index in [0.717, 1.165) is 18.6 Å². The predicted molar refractivity (Wildman–Crippen MR) is 30.4 cm³/mol. The molecule has 0 aromatic heterocycles. The van der Waals surface area contributed by atoms with Crippen LogP contribution in [0.3, 0.4) is 0 Å². The molecule has 46 valence electrons. The van der Waals surface area contributed by atoms with Crippen LogP contribution in [-0.2, 0) is 4.74 Å². The van der Waals surface area contributed by atoms with E-state index in [-0.39, 0.29) is 6.61 Å². The van der Waals surface area contributed by atoms with E-state index >= 15 is 0 Å². The van der Waals surface area contributed by atoms with Crippen LogP contribution in [0.25, 0.3) is 0 Å². The first-order valence-corrected chi connectivity index (χ1v) is 2.86. The molecule has 0 aromatic carbocycles. The summed E-state index contributed by atoms with van der Waals surface area (Å²) in [7, 11) is 0. The van der Waals surface area contributed by atoms with Gasteiger partial charge in [-0.2, -0.15) is 0 Å². The molecular weight excluding hydrogens is 104 g/mol. The molecule has 1 aliphatic rings. The van der Waals surface area contributed by atoms with Gasteiger partial charge in [0.2, 0.25) is 0 Å². The van der Waals surface area contributed by atoms with Gasteiger partial charge in [-0.3, -0.25) is 0 Å². The summed E-state index contributed by atoms with van der Waals surface area (Å²) < 4.78 is 5.04. The van der Waals surface area contributed by atoms with Crippen molar-refractivity contribution >= 4 is 0 Å². The second-order valence-corrected chi connectivity index (χ2v) is 1.78. The highest BCUT2D eigenvalue weighted by molar-refractivity contribution is 5.04. The van der Waals surface area contributed by atoms with Gasteiger partial charge in [0.25, 0.3) is 0 Å². The minimum atomic E-state index is 0.122. The summed E-state index contributed by atoms with van der Waals surface area (Å²) in [6, 6.07) is 0. The van der Waals surface area contributed by atoms with Gasteiger partial charge in [-0.05, 0) is 12.5 Å². The van der Waals surface area contributed by atoms with E-state index in [1.807, 2.05) is 6.08 Å². The zero-order chi connectivity index (χ0) is 5.82. The van der Waals surface area contributed by atoms with Crippen molar-refractivity contribution in [3.05, 3.63) is 11.8 Å². The molecule has 2 nitrogen and oxygen atoms in total. The molecule has 1 aliphatic carbocycles. The highest BCUT2D eigenvalue weighted by atomic mass is 16.5. The maximum atomic E-state index is 8.28. The second kappa shape index (κ2) is 2.72. The van der Waals surface area contributed by atoms with E-state index in [9.17, 15) is 0 Å². The zero-order valence-corrected chi connectivity index (χ0v) is 4.76. The van der Waals surface area contributed by atoms with E-state index < -0.39 is 0 Å². The number of hydrogen-bond acceptors (Lipinski definition) is 2. The Labute approximate surface area is 48.8 Å². The van der Waals surface area contributed by atoms with Crippen LogP contribution in [-0.4, -0.2) is 18.3 Å². The molecular formula is C6H10O2. The van der Waals surface area contributed by atoms with Gasteiger partial charge < -0.3 is 9.84 Å². The third-order valence-corrected chi connectivity index (χ3v) is 1.14. The minimum absolute atomic E-state index is 0.122. The Morgan fingerprint density at radius 1 is 1.75 bits per heavy atom. The standard InChI is InChI=1S/C6H10O2/c7-4-5-8-6-2-1-3-6/h2,7H,1,3-5H2. The lowest BCUT2D eigenvalue weighted by Crippen LogP contribution is -2.03. The summed E-state index contributed by atoms with van der Waals surface area (Å²) in [6.07, 6.45) is 4.23. The molecule has 0 spiro atoms. The van der Waals surface area contributed by atoms with Gasteiger partial charge >= 0.3 is 0 Å². The van der Waals surface area contributed by atoms with Crippen molar-refractivity contribution in [2.24, 2.45) is 0 Å². The molecule has 0 atom stereocenters. The molecule has 0 aliphatic heterocycles. The molecule has 8 heavy (non-hydrogen) atoms. The second-order valence-electron chi connectivity index (χ2n) is 1.78. The first-order chi connectivity index (χ1) is 3.93. The lowest BCUT2D eigenvalue weighted by atomic mass is 10.1. The van der Waals surface area contributed by atoms with Crippen LogP contribution in [0, 0.1) is 0 Å². The van der Waals surface area contributed by atoms with Crippen molar-refractivity contribution in [1.82, 2.24) is 0 Å². The first-order valence-electron chi connectivity index (χ1n) is 2.86. The molecule has 0 bridgehead atoms. The van der Waals surface area contributed by atoms with Crippen molar-refractivity contribution in [3.63, 3.8) is 0 Å². The topological polar surface area (TPSA) is 29.5 Å². The Balaban J connectivity index is 2.02. The summed E-state index contributed by atoms with van der Waals surface area (Å²) in [6.45, 7) is 0.573. The molecule has 2 heteroatoms. The Hall–Kier alpha value is -0.500. The molecule has 0 fully saturated rings. The average molecular weight is 114 g/mol. The van der Waals surface area contributed by atoms with Crippen molar-refractivity contribution in [2.75, 3.05) is 13.2 Å². The molecule has 0 radical (unpaired) electrons. The van der Waals surface area contributed by atoms with Gasteiger partial charge in [0.05, 0.1) is 12.4 Å². The number of allylic oxidation sites excluding steroid dienone is 2. The fourth-order valence-corrected chi connectivity index (χ4v) is 0.570. The molecule has 0 aromatic rings. The molecule has 0 saturated heterocycles. The normalized spacial score (nSPS) is 16.9. The zero-order valence-electron chi connectivity index (χ0n) is 4.76. The van der Waals surface area contributed by atoms with Gasteiger partial charge in [0, 0.05) is 6.42 Å². The number of hydrogen-bond donors (Lipinski definition) is 1. The van der Waals surface area contributed by atoms with Crippen molar-refractivity contribution in [2.45, 2.75) is 12.8 Å². The highest BCUT2D eigenvalue weighted by Gasteiger charge is 2.04. The van der Waals surface area contributed by atoms with Crippen LogP contribution in [0.4, 0.5) is 0 Å². The highest BCUT2D eigenvalue weighted by Crippen LogP contribution is 2.17. The Bertz CT molecular complexity index is 96.7. The van der Waals surface area contributed by atoms with Gasteiger partial charge in [-0.1, -0.05) is 0 Å². The van der Waals surface area contributed by atoms with Crippen LogP contribution >= 0.6 is 0 Å². The summed E-state index contributed by atoms with van der Waals surface area (Å²) in [5.74, 6) is 1.04. The van der Waals surface area contributed by atoms with Crippen LogP contribution in [0.15, 0.2) is 11.8 Å². The van der Waals surface area contributed by atoms with E-state index in [4.69, 9.17) is 9.84 Å². The van der Waals surface area contributed by atoms with Crippen LogP contribution < -0.4 is 0 Å². The SMILES string of the molecule is OCCOC1=CCC1. The molecule has 1 N–H and O–H groups in total. The van der Waals surface area contributed by atoms with E-state index in [2.05, 4.69) is 0 Å². The smallest absolute Gasteiger partial charge is 0.111 e. The molecule has 0 amide bonds. The van der Waals surface area contributed by atoms with Crippen LogP contribution in [0.1, 0.15) is 12.8 Å². The third kappa shape index (κ3) is 1.23. The summed E-state index contributed by atoms with van der Waals surface area (Å²) in [5, 5.41) is 8.28. The molecule has 0 unspecified atom stereocenters. The van der Waals surface area contributed by atoms with E-state index in [0.29, 0.717) is 6.61 Å². The van der Waals surface area contributed by atoms with E-state index in [1.54, 1.807) is 0 Å². The fourth-order valence-electron chi connectivity index (χ4n) is 0.570. The Morgan fingerprint density at radius 2 is 2.50 bits per heavy atom. The van der Waals surface area contributed by atoms with E-state index in [1.165, 1.54) is 0 Å². The summed E-state index contributed by atoms with van der Waals surface area (Å²) in [5.41, 5.74) is 0. The number of ether oxygens (including phenoxy) is 1. The van der Waals surface area contributed by atoms with Gasteiger partial charge in [-0.15, -0.1) is 0 Å². The lowest BCUT2D eigenvalue weighted by molar-refractivity contribution is 0.132. The number of rotatable bonds is 3.